The first-order valence-corrected chi connectivity index (χ1v) is 11.4. The summed E-state index contributed by atoms with van der Waals surface area (Å²) in [7, 11) is 1.67. The Morgan fingerprint density at radius 3 is 2.56 bits per heavy atom. The number of nitrogens with zero attached hydrogens (tertiary/aromatic N) is 3. The molecule has 36 heavy (non-hydrogen) atoms. The van der Waals surface area contributed by atoms with Crippen molar-refractivity contribution in [3.63, 3.8) is 0 Å². The summed E-state index contributed by atoms with van der Waals surface area (Å²) in [4.78, 5) is 9.37. The zero-order chi connectivity index (χ0) is 23.9. The summed E-state index contributed by atoms with van der Waals surface area (Å²) in [5.41, 5.74) is 3.24. The van der Waals surface area contributed by atoms with E-state index in [4.69, 9.17) is 14.5 Å². The molecule has 6 rings (SSSR count). The number of hydrogen-bond acceptors (Lipinski definition) is 5. The van der Waals surface area contributed by atoms with Crippen LogP contribution in [0.25, 0.3) is 38.5 Å². The average molecular weight is 656 g/mol. The summed E-state index contributed by atoms with van der Waals surface area (Å²) in [6, 6.07) is 28.3. The van der Waals surface area contributed by atoms with Gasteiger partial charge in [0.15, 0.2) is 0 Å². The van der Waals surface area contributed by atoms with E-state index >= 15 is 0 Å². The van der Waals surface area contributed by atoms with Crippen LogP contribution in [0.3, 0.4) is 0 Å². The van der Waals surface area contributed by atoms with Gasteiger partial charge in [-0.2, -0.15) is 6.07 Å². The molecule has 0 bridgehead atoms. The van der Waals surface area contributed by atoms with Gasteiger partial charge in [-0.05, 0) is 42.1 Å². The molecule has 0 saturated heterocycles. The van der Waals surface area contributed by atoms with Gasteiger partial charge in [-0.25, -0.2) is 9.97 Å². The van der Waals surface area contributed by atoms with Crippen LogP contribution in [0.4, 0.5) is 0 Å². The fourth-order valence-corrected chi connectivity index (χ4v) is 4.46. The van der Waals surface area contributed by atoms with Crippen LogP contribution >= 0.6 is 0 Å². The molecule has 7 heteroatoms. The second-order valence-electron chi connectivity index (χ2n) is 8.22. The van der Waals surface area contributed by atoms with Crippen LogP contribution < -0.4 is 9.47 Å². The number of aromatic nitrogens is 3. The van der Waals surface area contributed by atoms with Crippen molar-refractivity contribution in [1.82, 2.24) is 14.5 Å². The van der Waals surface area contributed by atoms with Gasteiger partial charge in [0.25, 0.3) is 0 Å². The molecule has 0 aliphatic heterocycles. The van der Waals surface area contributed by atoms with E-state index in [9.17, 15) is 5.11 Å². The molecule has 0 unspecified atom stereocenters. The molecule has 3 aromatic heterocycles. The molecule has 3 heterocycles. The third-order valence-corrected chi connectivity index (χ3v) is 6.13. The number of aryl methyl sites for hydroxylation is 1. The molecule has 3 aromatic carbocycles. The minimum absolute atomic E-state index is 0. The summed E-state index contributed by atoms with van der Waals surface area (Å²) in [5.74, 6) is 2.54. The predicted octanol–water partition coefficient (Wildman–Crippen LogP) is 6.59. The molecule has 0 saturated carbocycles. The number of benzene rings is 3. The van der Waals surface area contributed by atoms with E-state index < -0.39 is 0 Å². The van der Waals surface area contributed by atoms with Crippen molar-refractivity contribution in [2.24, 2.45) is 0 Å². The Bertz CT molecular complexity index is 1730. The molecular formula is C29H22N3O3Pt-. The minimum atomic E-state index is 0. The first-order valence-electron chi connectivity index (χ1n) is 11.4. The molecular weight excluding hydrogens is 633 g/mol. The Labute approximate surface area is 222 Å². The molecule has 0 radical (unpaired) electrons. The first-order chi connectivity index (χ1) is 17.2. The third-order valence-electron chi connectivity index (χ3n) is 6.13. The average Bonchev–Trinajstić information content (AvgIpc) is 3.23. The van der Waals surface area contributed by atoms with Gasteiger partial charge in [0.1, 0.15) is 22.8 Å². The second-order valence-corrected chi connectivity index (χ2v) is 8.22. The van der Waals surface area contributed by atoms with Gasteiger partial charge in [0.2, 0.25) is 5.88 Å². The van der Waals surface area contributed by atoms with Crippen molar-refractivity contribution in [2.75, 3.05) is 7.11 Å². The van der Waals surface area contributed by atoms with Crippen molar-refractivity contribution in [2.45, 2.75) is 13.3 Å². The number of hydrogen-bond donors (Lipinski definition) is 1. The number of phenolic OH excluding ortho intramolecular Hbond substituents is 1. The van der Waals surface area contributed by atoms with E-state index in [2.05, 4.69) is 28.6 Å². The molecule has 0 aliphatic rings. The molecule has 0 spiro atoms. The quantitative estimate of drug-likeness (QED) is 0.212. The second kappa shape index (κ2) is 9.63. The van der Waals surface area contributed by atoms with Crippen LogP contribution in [0.5, 0.6) is 23.1 Å². The molecule has 6 aromatic rings. The number of phenols is 1. The monoisotopic (exact) mass is 655 g/mol. The van der Waals surface area contributed by atoms with Crippen molar-refractivity contribution in [3.05, 3.63) is 90.6 Å². The summed E-state index contributed by atoms with van der Waals surface area (Å²) < 4.78 is 13.9. The molecule has 182 valence electrons. The summed E-state index contributed by atoms with van der Waals surface area (Å²) in [6.45, 7) is 2.09. The number of methoxy groups -OCH3 is 1. The summed E-state index contributed by atoms with van der Waals surface area (Å²) >= 11 is 0. The van der Waals surface area contributed by atoms with Crippen molar-refractivity contribution >= 4 is 32.7 Å². The number of ether oxygens (including phenoxy) is 2. The molecule has 6 nitrogen and oxygen atoms in total. The standard InChI is InChI=1S/C29H22N3O3.Pt/c1-3-19-8-5-12-26(30-19)32-23-17-20(14-15-21(23)22-9-6-11-25(34-2)29(22)32)35-27-16-13-18-7-4-10-24(33)28(18)31-27;/h4-16,33H,3H2,1-2H3;/q-1;. The Balaban J connectivity index is 0.00000267. The van der Waals surface area contributed by atoms with E-state index in [-0.39, 0.29) is 26.8 Å². The topological polar surface area (TPSA) is 69.4 Å². The van der Waals surface area contributed by atoms with Crippen LogP contribution in [0.15, 0.2) is 78.9 Å². The number of para-hydroxylation sites is 2. The largest absolute Gasteiger partial charge is 0.506 e. The van der Waals surface area contributed by atoms with E-state index in [0.29, 0.717) is 17.1 Å². The fourth-order valence-electron chi connectivity index (χ4n) is 4.46. The molecule has 0 amide bonds. The molecule has 0 aliphatic carbocycles. The summed E-state index contributed by atoms with van der Waals surface area (Å²) in [5, 5.41) is 13.1. The first kappa shape index (κ1) is 23.8. The van der Waals surface area contributed by atoms with Crippen molar-refractivity contribution < 1.29 is 35.6 Å². The summed E-state index contributed by atoms with van der Waals surface area (Å²) in [6.07, 6.45) is 0.834. The Kier molecular flexibility index (Phi) is 6.38. The van der Waals surface area contributed by atoms with Gasteiger partial charge in [-0.3, -0.25) is 0 Å². The number of aromatic hydroxyl groups is 1. The smallest absolute Gasteiger partial charge is 0.217 e. The number of rotatable bonds is 5. The van der Waals surface area contributed by atoms with Crippen molar-refractivity contribution in [3.8, 4) is 28.9 Å². The maximum atomic E-state index is 10.2. The molecule has 1 N–H and O–H groups in total. The van der Waals surface area contributed by atoms with Crippen LogP contribution in [-0.4, -0.2) is 26.8 Å². The number of pyridine rings is 2. The minimum Gasteiger partial charge on any atom is -0.506 e. The van der Waals surface area contributed by atoms with Gasteiger partial charge < -0.3 is 19.1 Å². The van der Waals surface area contributed by atoms with Gasteiger partial charge in [-0.1, -0.05) is 42.8 Å². The van der Waals surface area contributed by atoms with Crippen LogP contribution in [0, 0.1) is 6.07 Å². The normalized spacial score (nSPS) is 11.1. The Hall–Kier alpha value is -3.89. The molecule has 0 atom stereocenters. The van der Waals surface area contributed by atoms with Gasteiger partial charge in [0.05, 0.1) is 12.6 Å². The Morgan fingerprint density at radius 2 is 1.72 bits per heavy atom. The van der Waals surface area contributed by atoms with E-state index in [1.807, 2.05) is 54.6 Å². The zero-order valence-electron chi connectivity index (χ0n) is 19.6. The van der Waals surface area contributed by atoms with Crippen LogP contribution in [0.2, 0.25) is 0 Å². The SMILES string of the molecule is CCc1cccc(-n2c3[c-]c(Oc4ccc5cccc(O)c5n4)ccc3c3cccc(OC)c32)n1.[Pt]. The van der Waals surface area contributed by atoms with Gasteiger partial charge >= 0.3 is 0 Å². The Morgan fingerprint density at radius 1 is 0.889 bits per heavy atom. The zero-order valence-corrected chi connectivity index (χ0v) is 21.9. The maximum Gasteiger partial charge on any atom is 0.217 e. The van der Waals surface area contributed by atoms with Gasteiger partial charge in [-0.15, -0.1) is 17.5 Å². The molecule has 0 fully saturated rings. The van der Waals surface area contributed by atoms with Crippen LogP contribution in [-0.2, 0) is 27.5 Å². The maximum absolute atomic E-state index is 10.2. The number of fused-ring (bicyclic) bond motifs is 4. The van der Waals surface area contributed by atoms with E-state index in [0.717, 1.165) is 50.9 Å². The fraction of sp³-hybridized carbons (Fsp3) is 0.103. The van der Waals surface area contributed by atoms with Crippen LogP contribution in [0.1, 0.15) is 12.6 Å². The van der Waals surface area contributed by atoms with Crippen molar-refractivity contribution in [1.29, 1.82) is 0 Å². The van der Waals surface area contributed by atoms with E-state index in [1.165, 1.54) is 0 Å². The predicted molar refractivity (Wildman–Crippen MR) is 137 cm³/mol. The van der Waals surface area contributed by atoms with E-state index in [1.54, 1.807) is 25.3 Å². The third kappa shape index (κ3) is 3.98. The van der Waals surface area contributed by atoms with Gasteiger partial charge in [0, 0.05) is 44.0 Å².